The maximum atomic E-state index is 14.3. The third-order valence-corrected chi connectivity index (χ3v) is 5.19. The van der Waals surface area contributed by atoms with Gasteiger partial charge >= 0.3 is 0 Å². The van der Waals surface area contributed by atoms with Crippen LogP contribution in [0.25, 0.3) is 0 Å². The van der Waals surface area contributed by atoms with Crippen molar-refractivity contribution >= 4 is 29.1 Å². The van der Waals surface area contributed by atoms with E-state index < -0.39 is 11.6 Å². The van der Waals surface area contributed by atoms with Crippen LogP contribution in [0.1, 0.15) is 27.6 Å². The van der Waals surface area contributed by atoms with Gasteiger partial charge in [0.25, 0.3) is 11.7 Å². The lowest BCUT2D eigenvalue weighted by atomic mass is 10.1. The van der Waals surface area contributed by atoms with Crippen molar-refractivity contribution < 1.29 is 22.8 Å². The van der Waals surface area contributed by atoms with Gasteiger partial charge < -0.3 is 9.80 Å². The van der Waals surface area contributed by atoms with Crippen molar-refractivity contribution in [2.75, 3.05) is 31.1 Å². The first-order chi connectivity index (χ1) is 13.4. The van der Waals surface area contributed by atoms with Crippen LogP contribution < -0.4 is 4.90 Å². The minimum Gasteiger partial charge on any atom is -0.366 e. The second-order valence-corrected chi connectivity index (χ2v) is 7.21. The average Bonchev–Trinajstić information content (AvgIpc) is 2.67. The third-order valence-electron chi connectivity index (χ3n) is 4.46. The number of anilines is 1. The van der Waals surface area contributed by atoms with Gasteiger partial charge in [-0.1, -0.05) is 0 Å². The van der Waals surface area contributed by atoms with E-state index in [0.717, 1.165) is 0 Å². The van der Waals surface area contributed by atoms with Crippen LogP contribution >= 0.6 is 11.8 Å². The molecule has 2 aromatic rings. The molecule has 28 heavy (non-hydrogen) atoms. The number of carbonyl (C=O) groups is 2. The molecule has 1 amide bonds. The lowest BCUT2D eigenvalue weighted by Crippen LogP contribution is -2.49. The second kappa shape index (κ2) is 8.64. The van der Waals surface area contributed by atoms with Crippen LogP contribution in [0.15, 0.2) is 41.6 Å². The lowest BCUT2D eigenvalue weighted by molar-refractivity contribution is 0.0742. The van der Waals surface area contributed by atoms with Crippen molar-refractivity contribution in [3.05, 3.63) is 53.5 Å². The topological polar surface area (TPSA) is 53.5 Å². The fourth-order valence-electron chi connectivity index (χ4n) is 3.04. The van der Waals surface area contributed by atoms with E-state index in [4.69, 9.17) is 0 Å². The summed E-state index contributed by atoms with van der Waals surface area (Å²) < 4.78 is 39.7. The van der Waals surface area contributed by atoms with Gasteiger partial charge in [0.1, 0.15) is 10.8 Å². The highest BCUT2D eigenvalue weighted by Gasteiger charge is 2.26. The molecule has 9 heteroatoms. The lowest BCUT2D eigenvalue weighted by Gasteiger charge is -2.36. The molecule has 2 heterocycles. The van der Waals surface area contributed by atoms with E-state index in [1.807, 2.05) is 0 Å². The highest BCUT2D eigenvalue weighted by atomic mass is 32.2. The average molecular weight is 409 g/mol. The van der Waals surface area contributed by atoms with Crippen molar-refractivity contribution in [3.8, 4) is 0 Å². The normalized spacial score (nSPS) is 14.5. The highest BCUT2D eigenvalue weighted by molar-refractivity contribution is 7.99. The number of hydrogen-bond donors (Lipinski definition) is 0. The van der Waals surface area contributed by atoms with E-state index >= 15 is 0 Å². The number of ketones is 1. The van der Waals surface area contributed by atoms with Crippen LogP contribution in [0, 0.1) is 5.82 Å². The number of carbonyl (C=O) groups excluding carboxylic acids is 2. The van der Waals surface area contributed by atoms with Gasteiger partial charge in [-0.3, -0.25) is 9.59 Å². The van der Waals surface area contributed by atoms with Crippen LogP contribution in [0.2, 0.25) is 0 Å². The predicted molar refractivity (Wildman–Crippen MR) is 101 cm³/mol. The number of thioether (sulfide) groups is 1. The number of halogens is 3. The molecule has 1 aliphatic heterocycles. The molecular weight excluding hydrogens is 391 g/mol. The molecule has 1 aromatic carbocycles. The minimum atomic E-state index is -2.67. The molecule has 0 spiro atoms. The zero-order chi connectivity index (χ0) is 20.3. The number of alkyl halides is 2. The van der Waals surface area contributed by atoms with E-state index in [1.165, 1.54) is 31.3 Å². The number of piperazine rings is 1. The van der Waals surface area contributed by atoms with Crippen LogP contribution in [-0.2, 0) is 0 Å². The largest absolute Gasteiger partial charge is 0.366 e. The van der Waals surface area contributed by atoms with Gasteiger partial charge in [-0.2, -0.15) is 8.78 Å². The molecule has 0 unspecified atom stereocenters. The smallest absolute Gasteiger partial charge is 0.290 e. The molecule has 0 atom stereocenters. The van der Waals surface area contributed by atoms with E-state index in [1.54, 1.807) is 21.9 Å². The van der Waals surface area contributed by atoms with E-state index in [-0.39, 0.29) is 34.0 Å². The summed E-state index contributed by atoms with van der Waals surface area (Å²) in [6.07, 6.45) is 1.37. The molecule has 1 aromatic heterocycles. The van der Waals surface area contributed by atoms with Gasteiger partial charge in [-0.15, -0.1) is 0 Å². The molecule has 3 rings (SSSR count). The van der Waals surface area contributed by atoms with E-state index in [0.29, 0.717) is 37.4 Å². The maximum absolute atomic E-state index is 14.3. The Morgan fingerprint density at radius 1 is 1.14 bits per heavy atom. The number of Topliss-reactive ketones (excluding diaryl/α,β-unsaturated/α-hetero) is 1. The van der Waals surface area contributed by atoms with Crippen molar-refractivity contribution in [3.63, 3.8) is 0 Å². The Balaban J connectivity index is 1.69. The number of rotatable bonds is 5. The second-order valence-electron chi connectivity index (χ2n) is 6.24. The summed E-state index contributed by atoms with van der Waals surface area (Å²) >= 11 is 0.241. The number of pyridine rings is 1. The number of nitrogens with zero attached hydrogens (tertiary/aromatic N) is 3. The highest BCUT2D eigenvalue weighted by Crippen LogP contribution is 2.28. The monoisotopic (exact) mass is 409 g/mol. The molecule has 5 nitrogen and oxygen atoms in total. The van der Waals surface area contributed by atoms with Crippen LogP contribution in [0.3, 0.4) is 0 Å². The summed E-state index contributed by atoms with van der Waals surface area (Å²) in [6, 6.07) is 7.35. The van der Waals surface area contributed by atoms with Crippen molar-refractivity contribution in [2.45, 2.75) is 17.7 Å². The molecule has 0 aliphatic carbocycles. The van der Waals surface area contributed by atoms with Gasteiger partial charge in [0.05, 0.1) is 11.3 Å². The van der Waals surface area contributed by atoms with Gasteiger partial charge in [-0.05, 0) is 49.0 Å². The summed E-state index contributed by atoms with van der Waals surface area (Å²) in [7, 11) is 0. The number of benzene rings is 1. The molecule has 0 saturated carbocycles. The van der Waals surface area contributed by atoms with Crippen LogP contribution in [0.4, 0.5) is 18.9 Å². The van der Waals surface area contributed by atoms with Crippen molar-refractivity contribution in [1.82, 2.24) is 9.88 Å². The zero-order valence-electron chi connectivity index (χ0n) is 15.1. The van der Waals surface area contributed by atoms with E-state index in [9.17, 15) is 22.8 Å². The first kappa shape index (κ1) is 20.2. The molecular formula is C19H18F3N3O2S. The number of hydrogen-bond acceptors (Lipinski definition) is 5. The Morgan fingerprint density at radius 2 is 1.86 bits per heavy atom. The Labute approximate surface area is 164 Å². The molecule has 148 valence electrons. The van der Waals surface area contributed by atoms with Gasteiger partial charge in [0, 0.05) is 37.9 Å². The van der Waals surface area contributed by atoms with E-state index in [2.05, 4.69) is 4.98 Å². The van der Waals surface area contributed by atoms with Crippen molar-refractivity contribution in [1.29, 1.82) is 0 Å². The summed E-state index contributed by atoms with van der Waals surface area (Å²) in [5.74, 6) is -3.74. The molecule has 0 radical (unpaired) electrons. The Bertz CT molecular complexity index is 886. The van der Waals surface area contributed by atoms with Gasteiger partial charge in [-0.25, -0.2) is 9.37 Å². The molecule has 1 saturated heterocycles. The Morgan fingerprint density at radius 3 is 2.46 bits per heavy atom. The third kappa shape index (κ3) is 4.46. The number of amides is 1. The van der Waals surface area contributed by atoms with Gasteiger partial charge in [0.2, 0.25) is 0 Å². The maximum Gasteiger partial charge on any atom is 0.290 e. The zero-order valence-corrected chi connectivity index (χ0v) is 15.9. The van der Waals surface area contributed by atoms with Crippen molar-refractivity contribution in [2.24, 2.45) is 0 Å². The number of aromatic nitrogens is 1. The molecule has 0 bridgehead atoms. The van der Waals surface area contributed by atoms with Crippen LogP contribution in [0.5, 0.6) is 0 Å². The molecule has 0 N–H and O–H groups in total. The fraction of sp³-hybridized carbons (Fsp3) is 0.316. The summed E-state index contributed by atoms with van der Waals surface area (Å²) in [6.45, 7) is 2.79. The Kier molecular flexibility index (Phi) is 6.23. The Hall–Kier alpha value is -2.55. The first-order valence-electron chi connectivity index (χ1n) is 8.61. The molecule has 1 fully saturated rings. The summed E-state index contributed by atoms with van der Waals surface area (Å²) in [5, 5.41) is -0.00389. The standard InChI is InChI=1S/C19H18F3N3O2S/c1-12(26)13-4-5-16(15(20)11-13)24-7-9-25(10-8-24)18(27)14-3-2-6-23-17(14)28-19(21)22/h2-6,11,19H,7-10H2,1H3. The predicted octanol–water partition coefficient (Wildman–Crippen LogP) is 3.70. The summed E-state index contributed by atoms with van der Waals surface area (Å²) in [5.41, 5.74) is 0.807. The quantitative estimate of drug-likeness (QED) is 0.557. The minimum absolute atomic E-state index is 0.00389. The molecule has 1 aliphatic rings. The fourth-order valence-corrected chi connectivity index (χ4v) is 3.61. The SMILES string of the molecule is CC(=O)c1ccc(N2CCN(C(=O)c3cccnc3SC(F)F)CC2)c(F)c1. The first-order valence-corrected chi connectivity index (χ1v) is 9.49. The summed E-state index contributed by atoms with van der Waals surface area (Å²) in [4.78, 5) is 31.3. The van der Waals surface area contributed by atoms with Gasteiger partial charge in [0.15, 0.2) is 5.78 Å². The van der Waals surface area contributed by atoms with Crippen LogP contribution in [-0.4, -0.2) is 53.5 Å².